The minimum atomic E-state index is -0.199. The van der Waals surface area contributed by atoms with Gasteiger partial charge in [0, 0.05) is 18.0 Å². The van der Waals surface area contributed by atoms with E-state index >= 15 is 0 Å². The molecule has 1 heterocycles. The van der Waals surface area contributed by atoms with Crippen molar-refractivity contribution in [2.24, 2.45) is 7.05 Å². The van der Waals surface area contributed by atoms with E-state index in [0.717, 1.165) is 24.0 Å². The summed E-state index contributed by atoms with van der Waals surface area (Å²) in [4.78, 5) is 24.6. The lowest BCUT2D eigenvalue weighted by atomic mass is 10.1. The number of rotatable bonds is 7. The average Bonchev–Trinajstić information content (AvgIpc) is 2.70. The number of fused-ring (bicyclic) bond motifs is 1. The molecule has 0 fully saturated rings. The van der Waals surface area contributed by atoms with Crippen LogP contribution in [0.3, 0.4) is 0 Å². The number of amides is 1. The summed E-state index contributed by atoms with van der Waals surface area (Å²) in [5.41, 5.74) is 1.05. The van der Waals surface area contributed by atoms with Gasteiger partial charge >= 0.3 is 0 Å². The number of aromatic nitrogens is 2. The molecule has 3 rings (SSSR count). The Labute approximate surface area is 157 Å². The van der Waals surface area contributed by atoms with Gasteiger partial charge in [0.25, 0.3) is 11.5 Å². The Morgan fingerprint density at radius 3 is 2.52 bits per heavy atom. The topological polar surface area (TPSA) is 73.2 Å². The van der Waals surface area contributed by atoms with Crippen LogP contribution in [0.15, 0.2) is 53.3 Å². The van der Waals surface area contributed by atoms with E-state index in [2.05, 4.69) is 17.3 Å². The first-order chi connectivity index (χ1) is 13.1. The molecule has 1 N–H and O–H groups in total. The minimum Gasteiger partial charge on any atom is -0.494 e. The van der Waals surface area contributed by atoms with Crippen molar-refractivity contribution in [2.45, 2.75) is 26.3 Å². The number of unbranched alkanes of at least 4 members (excludes halogenated alkanes) is 1. The molecule has 1 amide bonds. The molecule has 0 radical (unpaired) electrons. The largest absolute Gasteiger partial charge is 0.494 e. The molecular weight excluding hydrogens is 342 g/mol. The molecule has 27 heavy (non-hydrogen) atoms. The fourth-order valence-electron chi connectivity index (χ4n) is 2.81. The Bertz CT molecular complexity index is 994. The lowest BCUT2D eigenvalue weighted by Gasteiger charge is -2.10. The van der Waals surface area contributed by atoms with Crippen LogP contribution in [0.1, 0.15) is 35.8 Å². The zero-order valence-corrected chi connectivity index (χ0v) is 15.6. The maximum atomic E-state index is 12.4. The van der Waals surface area contributed by atoms with Crippen molar-refractivity contribution in [3.05, 3.63) is 70.1 Å². The molecule has 0 saturated heterocycles. The van der Waals surface area contributed by atoms with Gasteiger partial charge in [-0.2, -0.15) is 5.10 Å². The van der Waals surface area contributed by atoms with Crippen LogP contribution in [-0.2, 0) is 13.6 Å². The van der Waals surface area contributed by atoms with Crippen LogP contribution in [0, 0.1) is 0 Å². The molecule has 3 aromatic rings. The van der Waals surface area contributed by atoms with Gasteiger partial charge in [-0.1, -0.05) is 31.5 Å². The molecule has 0 aliphatic rings. The maximum absolute atomic E-state index is 12.4. The molecule has 6 heteroatoms. The zero-order chi connectivity index (χ0) is 19.2. The van der Waals surface area contributed by atoms with Crippen molar-refractivity contribution < 1.29 is 9.53 Å². The predicted molar refractivity (Wildman–Crippen MR) is 105 cm³/mol. The van der Waals surface area contributed by atoms with Crippen molar-refractivity contribution in [3.63, 3.8) is 0 Å². The number of benzene rings is 2. The summed E-state index contributed by atoms with van der Waals surface area (Å²) < 4.78 is 6.91. The molecule has 140 valence electrons. The highest BCUT2D eigenvalue weighted by molar-refractivity contribution is 5.94. The summed E-state index contributed by atoms with van der Waals surface area (Å²) in [6.45, 7) is 3.02. The van der Waals surface area contributed by atoms with Gasteiger partial charge in [0.15, 0.2) is 0 Å². The van der Waals surface area contributed by atoms with Gasteiger partial charge in [0.1, 0.15) is 5.75 Å². The monoisotopic (exact) mass is 365 g/mol. The Balaban J connectivity index is 1.70. The number of hydrogen-bond acceptors (Lipinski definition) is 4. The fourth-order valence-corrected chi connectivity index (χ4v) is 2.81. The SMILES string of the molecule is CCCCOc1ccc(C(=O)NCc2nn(C)c(=O)c3ccccc23)cc1. The lowest BCUT2D eigenvalue weighted by Crippen LogP contribution is -2.27. The molecule has 0 aliphatic heterocycles. The van der Waals surface area contributed by atoms with Gasteiger partial charge in [-0.15, -0.1) is 0 Å². The second kappa shape index (κ2) is 8.49. The summed E-state index contributed by atoms with van der Waals surface area (Å²) in [6, 6.07) is 14.3. The fraction of sp³-hybridized carbons (Fsp3) is 0.286. The third kappa shape index (κ3) is 4.34. The maximum Gasteiger partial charge on any atom is 0.274 e. The number of ether oxygens (including phenoxy) is 1. The highest BCUT2D eigenvalue weighted by Crippen LogP contribution is 2.15. The molecule has 0 aliphatic carbocycles. The van der Waals surface area contributed by atoms with Crippen molar-refractivity contribution in [1.82, 2.24) is 15.1 Å². The van der Waals surface area contributed by atoms with Gasteiger partial charge in [-0.05, 0) is 36.8 Å². The van der Waals surface area contributed by atoms with E-state index in [-0.39, 0.29) is 18.0 Å². The number of nitrogens with zero attached hydrogens (tertiary/aromatic N) is 2. The van der Waals surface area contributed by atoms with Crippen LogP contribution in [-0.4, -0.2) is 22.3 Å². The normalized spacial score (nSPS) is 10.7. The molecule has 6 nitrogen and oxygen atoms in total. The van der Waals surface area contributed by atoms with Crippen LogP contribution in [0.2, 0.25) is 0 Å². The summed E-state index contributed by atoms with van der Waals surface area (Å²) in [6.07, 6.45) is 2.08. The van der Waals surface area contributed by atoms with E-state index in [1.165, 1.54) is 4.68 Å². The summed E-state index contributed by atoms with van der Waals surface area (Å²) in [7, 11) is 1.61. The Hall–Kier alpha value is -3.15. The number of aryl methyl sites for hydroxylation is 1. The van der Waals surface area contributed by atoms with Crippen LogP contribution in [0.5, 0.6) is 5.75 Å². The quantitative estimate of drug-likeness (QED) is 0.653. The van der Waals surface area contributed by atoms with Crippen LogP contribution in [0.25, 0.3) is 10.8 Å². The first-order valence-corrected chi connectivity index (χ1v) is 9.06. The molecule has 0 saturated carbocycles. The van der Waals surface area contributed by atoms with Crippen LogP contribution >= 0.6 is 0 Å². The van der Waals surface area contributed by atoms with Crippen molar-refractivity contribution >= 4 is 16.7 Å². The first kappa shape index (κ1) is 18.6. The van der Waals surface area contributed by atoms with E-state index in [4.69, 9.17) is 4.74 Å². The van der Waals surface area contributed by atoms with Gasteiger partial charge in [0.05, 0.1) is 24.2 Å². The van der Waals surface area contributed by atoms with E-state index < -0.39 is 0 Å². The second-order valence-electron chi connectivity index (χ2n) is 6.33. The minimum absolute atomic E-state index is 0.153. The average molecular weight is 365 g/mol. The molecule has 0 bridgehead atoms. The third-order valence-electron chi connectivity index (χ3n) is 4.33. The molecule has 2 aromatic carbocycles. The van der Waals surface area contributed by atoms with E-state index in [9.17, 15) is 9.59 Å². The first-order valence-electron chi connectivity index (χ1n) is 9.06. The molecule has 0 spiro atoms. The summed E-state index contributed by atoms with van der Waals surface area (Å²) in [5, 5.41) is 8.50. The molecule has 0 unspecified atom stereocenters. The molecule has 1 aromatic heterocycles. The van der Waals surface area contributed by atoms with Gasteiger partial charge in [0.2, 0.25) is 0 Å². The second-order valence-corrected chi connectivity index (χ2v) is 6.33. The van der Waals surface area contributed by atoms with Gasteiger partial charge < -0.3 is 10.1 Å². The summed E-state index contributed by atoms with van der Waals surface area (Å²) in [5.74, 6) is 0.556. The van der Waals surface area contributed by atoms with Crippen molar-refractivity contribution in [1.29, 1.82) is 0 Å². The van der Waals surface area contributed by atoms with E-state index in [1.807, 2.05) is 18.2 Å². The Morgan fingerprint density at radius 1 is 1.11 bits per heavy atom. The standard InChI is InChI=1S/C21H23N3O3/c1-3-4-13-27-16-11-9-15(10-12-16)20(25)22-14-19-17-7-5-6-8-18(17)21(26)24(2)23-19/h5-12H,3-4,13-14H2,1-2H3,(H,22,25). The lowest BCUT2D eigenvalue weighted by molar-refractivity contribution is 0.0950. The molecular formula is C21H23N3O3. The Morgan fingerprint density at radius 2 is 1.81 bits per heavy atom. The Kier molecular flexibility index (Phi) is 5.86. The van der Waals surface area contributed by atoms with Crippen molar-refractivity contribution in [3.8, 4) is 5.75 Å². The van der Waals surface area contributed by atoms with Crippen molar-refractivity contribution in [2.75, 3.05) is 6.61 Å². The van der Waals surface area contributed by atoms with E-state index in [0.29, 0.717) is 23.3 Å². The van der Waals surface area contributed by atoms with Crippen LogP contribution < -0.4 is 15.6 Å². The van der Waals surface area contributed by atoms with Gasteiger partial charge in [-0.3, -0.25) is 9.59 Å². The number of nitrogens with one attached hydrogen (secondary N) is 1. The highest BCUT2D eigenvalue weighted by atomic mass is 16.5. The van der Waals surface area contributed by atoms with Crippen LogP contribution in [0.4, 0.5) is 0 Å². The number of hydrogen-bond donors (Lipinski definition) is 1. The summed E-state index contributed by atoms with van der Waals surface area (Å²) >= 11 is 0. The third-order valence-corrected chi connectivity index (χ3v) is 4.33. The molecule has 0 atom stereocenters. The zero-order valence-electron chi connectivity index (χ0n) is 15.6. The number of carbonyl (C=O) groups is 1. The van der Waals surface area contributed by atoms with E-state index in [1.54, 1.807) is 37.4 Å². The van der Waals surface area contributed by atoms with Gasteiger partial charge in [-0.25, -0.2) is 4.68 Å². The smallest absolute Gasteiger partial charge is 0.274 e. The highest BCUT2D eigenvalue weighted by Gasteiger charge is 2.11. The number of carbonyl (C=O) groups excluding carboxylic acids is 1. The predicted octanol–water partition coefficient (Wildman–Crippen LogP) is 3.04.